The highest BCUT2D eigenvalue weighted by molar-refractivity contribution is 6.25. The van der Waals surface area contributed by atoms with Gasteiger partial charge in [0.25, 0.3) is 17.7 Å². The van der Waals surface area contributed by atoms with E-state index in [1.807, 2.05) is 55.1 Å². The Kier molecular flexibility index (Phi) is 8.96. The molecule has 7 rings (SSSR count). The van der Waals surface area contributed by atoms with Crippen molar-refractivity contribution in [3.63, 3.8) is 0 Å². The second-order valence-corrected chi connectivity index (χ2v) is 11.9. The fourth-order valence-electron chi connectivity index (χ4n) is 6.62. The van der Waals surface area contributed by atoms with E-state index < -0.39 is 29.7 Å². The molecular weight excluding hydrogens is 546 g/mol. The van der Waals surface area contributed by atoms with Crippen LogP contribution in [0.15, 0.2) is 48.5 Å². The Balaban J connectivity index is 0.000000357. The maximum atomic E-state index is 13.3. The fourth-order valence-corrected chi connectivity index (χ4v) is 6.62. The van der Waals surface area contributed by atoms with Gasteiger partial charge in [-0.05, 0) is 63.7 Å². The number of imide groups is 2. The van der Waals surface area contributed by atoms with Gasteiger partial charge in [-0.2, -0.15) is 0 Å². The minimum atomic E-state index is -0.982. The molecule has 5 aliphatic rings. The molecule has 10 nitrogen and oxygen atoms in total. The average Bonchev–Trinajstić information content (AvgIpc) is 3.23. The largest absolute Gasteiger partial charge is 0.369 e. The van der Waals surface area contributed by atoms with Gasteiger partial charge in [-0.1, -0.05) is 44.5 Å². The Labute approximate surface area is 253 Å². The molecule has 1 spiro atoms. The van der Waals surface area contributed by atoms with Crippen molar-refractivity contribution in [2.75, 3.05) is 51.2 Å². The van der Waals surface area contributed by atoms with E-state index in [0.717, 1.165) is 4.90 Å². The number of hydrogen-bond donors (Lipinski definition) is 1. The van der Waals surface area contributed by atoms with Gasteiger partial charge in [0, 0.05) is 43.6 Å². The number of amides is 5. The van der Waals surface area contributed by atoms with E-state index in [4.69, 9.17) is 0 Å². The molecule has 10 heteroatoms. The SMILES string of the molecule is CC.CN1CCCCC1.O=C1CCC(N2C(=O)c3cccc(N4CC5(CN(C(=O)c6ccccc6)C5)C4)c3C2=O)C(=O)N1. The minimum Gasteiger partial charge on any atom is -0.369 e. The van der Waals surface area contributed by atoms with E-state index in [1.165, 1.54) is 32.4 Å². The quantitative estimate of drug-likeness (QED) is 0.550. The highest BCUT2D eigenvalue weighted by atomic mass is 16.2. The lowest BCUT2D eigenvalue weighted by Gasteiger charge is -2.61. The van der Waals surface area contributed by atoms with Crippen LogP contribution in [-0.2, 0) is 9.59 Å². The van der Waals surface area contributed by atoms with E-state index in [0.29, 0.717) is 43.0 Å². The second-order valence-electron chi connectivity index (χ2n) is 11.9. The molecule has 1 unspecified atom stereocenters. The number of nitrogens with zero attached hydrogens (tertiary/aromatic N) is 4. The fraction of sp³-hybridized carbons (Fsp3) is 0.485. The van der Waals surface area contributed by atoms with Gasteiger partial charge in [0.1, 0.15) is 6.04 Å². The predicted octanol–water partition coefficient (Wildman–Crippen LogP) is 3.18. The summed E-state index contributed by atoms with van der Waals surface area (Å²) in [7, 11) is 2.19. The number of hydrogen-bond acceptors (Lipinski definition) is 7. The van der Waals surface area contributed by atoms with Crippen molar-refractivity contribution in [1.82, 2.24) is 20.0 Å². The number of carbonyl (C=O) groups is 5. The van der Waals surface area contributed by atoms with Gasteiger partial charge >= 0.3 is 0 Å². The monoisotopic (exact) mass is 587 g/mol. The van der Waals surface area contributed by atoms with Crippen LogP contribution in [0.4, 0.5) is 5.69 Å². The third-order valence-electron chi connectivity index (χ3n) is 8.78. The first-order chi connectivity index (χ1) is 20.8. The van der Waals surface area contributed by atoms with Crippen molar-refractivity contribution in [1.29, 1.82) is 0 Å². The molecule has 228 valence electrons. The number of benzene rings is 2. The maximum absolute atomic E-state index is 13.3. The van der Waals surface area contributed by atoms with E-state index in [1.54, 1.807) is 12.1 Å². The van der Waals surface area contributed by atoms with E-state index in [-0.39, 0.29) is 29.7 Å². The van der Waals surface area contributed by atoms with Crippen LogP contribution in [0.2, 0.25) is 0 Å². The van der Waals surface area contributed by atoms with Crippen LogP contribution in [0.25, 0.3) is 0 Å². The van der Waals surface area contributed by atoms with Crippen LogP contribution in [0.3, 0.4) is 0 Å². The number of carbonyl (C=O) groups excluding carboxylic acids is 5. The summed E-state index contributed by atoms with van der Waals surface area (Å²) in [6.07, 6.45) is 4.49. The molecule has 0 saturated carbocycles. The van der Waals surface area contributed by atoms with Gasteiger partial charge in [-0.25, -0.2) is 0 Å². The van der Waals surface area contributed by atoms with Crippen molar-refractivity contribution in [2.45, 2.75) is 52.0 Å². The first-order valence-corrected chi connectivity index (χ1v) is 15.4. The van der Waals surface area contributed by atoms with Crippen LogP contribution < -0.4 is 10.2 Å². The molecule has 43 heavy (non-hydrogen) atoms. The molecule has 1 atom stereocenters. The average molecular weight is 588 g/mol. The minimum absolute atomic E-state index is 0.0118. The summed E-state index contributed by atoms with van der Waals surface area (Å²) < 4.78 is 0. The molecule has 0 aromatic heterocycles. The second kappa shape index (κ2) is 12.7. The Morgan fingerprint density at radius 1 is 0.837 bits per heavy atom. The molecule has 4 fully saturated rings. The Bertz CT molecular complexity index is 1390. The van der Waals surface area contributed by atoms with Crippen LogP contribution in [0.5, 0.6) is 0 Å². The number of likely N-dealkylation sites (tertiary alicyclic amines) is 2. The van der Waals surface area contributed by atoms with Gasteiger partial charge < -0.3 is 14.7 Å². The third kappa shape index (κ3) is 5.93. The van der Waals surface area contributed by atoms with Gasteiger partial charge in [-0.3, -0.25) is 34.2 Å². The normalized spacial score (nSPS) is 22.4. The first kappa shape index (κ1) is 30.4. The summed E-state index contributed by atoms with van der Waals surface area (Å²) in [5.74, 6) is -2.00. The highest BCUT2D eigenvalue weighted by Gasteiger charge is 2.55. The molecule has 1 N–H and O–H groups in total. The number of fused-ring (bicyclic) bond motifs is 1. The van der Waals surface area contributed by atoms with Gasteiger partial charge in [0.15, 0.2) is 0 Å². The summed E-state index contributed by atoms with van der Waals surface area (Å²) in [4.78, 5) is 70.1. The lowest BCUT2D eigenvalue weighted by molar-refractivity contribution is -0.136. The molecule has 2 aromatic rings. The highest BCUT2D eigenvalue weighted by Crippen LogP contribution is 2.45. The molecule has 4 saturated heterocycles. The molecular formula is C33H41N5O5. The number of rotatable bonds is 3. The van der Waals surface area contributed by atoms with Crippen molar-refractivity contribution >= 4 is 35.2 Å². The van der Waals surface area contributed by atoms with Crippen LogP contribution >= 0.6 is 0 Å². The Morgan fingerprint density at radius 3 is 2.12 bits per heavy atom. The summed E-state index contributed by atoms with van der Waals surface area (Å²) >= 11 is 0. The van der Waals surface area contributed by atoms with Gasteiger partial charge in [-0.15, -0.1) is 0 Å². The van der Waals surface area contributed by atoms with E-state index in [9.17, 15) is 24.0 Å². The molecule has 5 heterocycles. The summed E-state index contributed by atoms with van der Waals surface area (Å²) in [5.41, 5.74) is 1.92. The van der Waals surface area contributed by atoms with Crippen molar-refractivity contribution in [3.8, 4) is 0 Å². The molecule has 0 radical (unpaired) electrons. The van der Waals surface area contributed by atoms with Crippen molar-refractivity contribution in [2.24, 2.45) is 5.41 Å². The number of nitrogens with one attached hydrogen (secondary N) is 1. The summed E-state index contributed by atoms with van der Waals surface area (Å²) in [5, 5.41) is 2.22. The third-order valence-corrected chi connectivity index (χ3v) is 8.78. The lowest BCUT2D eigenvalue weighted by Crippen LogP contribution is -2.73. The van der Waals surface area contributed by atoms with Crippen molar-refractivity contribution in [3.05, 3.63) is 65.2 Å². The lowest BCUT2D eigenvalue weighted by atomic mass is 9.72. The zero-order valence-corrected chi connectivity index (χ0v) is 25.3. The molecule has 5 amide bonds. The Morgan fingerprint density at radius 2 is 1.51 bits per heavy atom. The zero-order valence-electron chi connectivity index (χ0n) is 25.3. The predicted molar refractivity (Wildman–Crippen MR) is 163 cm³/mol. The van der Waals surface area contributed by atoms with E-state index >= 15 is 0 Å². The van der Waals surface area contributed by atoms with Crippen LogP contribution in [-0.4, -0.2) is 96.6 Å². The molecule has 0 aliphatic carbocycles. The van der Waals surface area contributed by atoms with Crippen LogP contribution in [0, 0.1) is 5.41 Å². The Hall–Kier alpha value is -4.05. The molecule has 5 aliphatic heterocycles. The number of anilines is 1. The maximum Gasteiger partial charge on any atom is 0.264 e. The topological polar surface area (TPSA) is 110 Å². The zero-order chi connectivity index (χ0) is 30.7. The summed E-state index contributed by atoms with van der Waals surface area (Å²) in [6.45, 7) is 9.31. The van der Waals surface area contributed by atoms with Crippen molar-refractivity contribution < 1.29 is 24.0 Å². The molecule has 2 aromatic carbocycles. The number of piperidine rings is 2. The smallest absolute Gasteiger partial charge is 0.264 e. The standard InChI is InChI=1S/C25H22N4O5.C6H13N.C2H6/c30-19-10-9-18(21(31)26-19)29-23(33)16-7-4-8-17(20(16)24(29)34)27-11-25(12-27)13-28(14-25)22(32)15-5-2-1-3-6-15;1-7-5-3-2-4-6-7;1-2/h1-8,18H,9-14H2,(H,26,30,31);2-6H2,1H3;1-2H3. The van der Waals surface area contributed by atoms with Gasteiger partial charge in [0.2, 0.25) is 11.8 Å². The van der Waals surface area contributed by atoms with E-state index in [2.05, 4.69) is 22.2 Å². The van der Waals surface area contributed by atoms with Gasteiger partial charge in [0.05, 0.1) is 16.8 Å². The summed E-state index contributed by atoms with van der Waals surface area (Å²) in [6, 6.07) is 13.4. The molecule has 0 bridgehead atoms. The first-order valence-electron chi connectivity index (χ1n) is 15.4. The van der Waals surface area contributed by atoms with Crippen LogP contribution in [0.1, 0.15) is 77.0 Å².